The van der Waals surface area contributed by atoms with Crippen LogP contribution in [0.1, 0.15) is 39.5 Å². The Morgan fingerprint density at radius 3 is 2.87 bits per heavy atom. The average molecular weight is 212 g/mol. The molecule has 0 aromatic heterocycles. The molecule has 88 valence electrons. The Hall–Kier alpha value is -0.120. The van der Waals surface area contributed by atoms with E-state index in [0.29, 0.717) is 18.6 Å². The van der Waals surface area contributed by atoms with Crippen molar-refractivity contribution in [3.05, 3.63) is 0 Å². The number of nitrogens with two attached hydrogens (primary N) is 1. The topological polar surface area (TPSA) is 49.5 Å². The van der Waals surface area contributed by atoms with Gasteiger partial charge < -0.3 is 10.8 Å². The number of rotatable bonds is 2. The highest BCUT2D eigenvalue weighted by atomic mass is 16.3. The number of fused-ring (bicyclic) bond motifs is 2. The Morgan fingerprint density at radius 1 is 1.53 bits per heavy atom. The second-order valence-corrected chi connectivity index (χ2v) is 5.72. The maximum absolute atomic E-state index is 10.3. The van der Waals surface area contributed by atoms with Crippen LogP contribution in [0.15, 0.2) is 0 Å². The van der Waals surface area contributed by atoms with Crippen molar-refractivity contribution >= 4 is 0 Å². The Labute approximate surface area is 92.6 Å². The van der Waals surface area contributed by atoms with E-state index in [4.69, 9.17) is 5.73 Å². The van der Waals surface area contributed by atoms with Crippen LogP contribution in [-0.4, -0.2) is 40.8 Å². The van der Waals surface area contributed by atoms with Crippen molar-refractivity contribution in [1.29, 1.82) is 0 Å². The molecule has 1 heterocycles. The molecule has 1 saturated carbocycles. The lowest BCUT2D eigenvalue weighted by Crippen LogP contribution is -2.46. The van der Waals surface area contributed by atoms with Crippen LogP contribution in [0.25, 0.3) is 0 Å². The minimum absolute atomic E-state index is 0.419. The van der Waals surface area contributed by atoms with E-state index in [2.05, 4.69) is 18.7 Å². The fourth-order valence-electron chi connectivity index (χ4n) is 3.28. The molecule has 0 radical (unpaired) electrons. The van der Waals surface area contributed by atoms with Gasteiger partial charge in [0.05, 0.1) is 5.60 Å². The Morgan fingerprint density at radius 2 is 2.27 bits per heavy atom. The SMILES string of the molecule is CC(C)N1CC2CCC(O)(CN)CC1C2. The van der Waals surface area contributed by atoms with Crippen LogP contribution in [0.5, 0.6) is 0 Å². The fourth-order valence-corrected chi connectivity index (χ4v) is 3.28. The summed E-state index contributed by atoms with van der Waals surface area (Å²) in [6.07, 6.45) is 4.18. The number of hydrogen-bond acceptors (Lipinski definition) is 3. The maximum atomic E-state index is 10.3. The second kappa shape index (κ2) is 4.04. The highest BCUT2D eigenvalue weighted by Crippen LogP contribution is 2.38. The minimum atomic E-state index is -0.590. The molecular formula is C12H24N2O. The van der Waals surface area contributed by atoms with E-state index in [1.54, 1.807) is 0 Å². The molecule has 3 heteroatoms. The van der Waals surface area contributed by atoms with Gasteiger partial charge in [-0.1, -0.05) is 0 Å². The Balaban J connectivity index is 2.10. The van der Waals surface area contributed by atoms with Crippen LogP contribution in [-0.2, 0) is 0 Å². The minimum Gasteiger partial charge on any atom is -0.389 e. The van der Waals surface area contributed by atoms with Gasteiger partial charge in [0.15, 0.2) is 0 Å². The average Bonchev–Trinajstić information content (AvgIpc) is 2.49. The molecule has 2 fully saturated rings. The largest absolute Gasteiger partial charge is 0.389 e. The smallest absolute Gasteiger partial charge is 0.0784 e. The molecule has 3 atom stereocenters. The molecule has 15 heavy (non-hydrogen) atoms. The third-order valence-electron chi connectivity index (χ3n) is 4.22. The molecule has 2 aliphatic rings. The normalized spacial score (nSPS) is 42.2. The predicted octanol–water partition coefficient (Wildman–Crippen LogP) is 0.959. The number of likely N-dealkylation sites (tertiary alicyclic amines) is 1. The Kier molecular flexibility index (Phi) is 3.06. The van der Waals surface area contributed by atoms with Crippen molar-refractivity contribution in [3.63, 3.8) is 0 Å². The predicted molar refractivity (Wildman–Crippen MR) is 61.6 cm³/mol. The zero-order chi connectivity index (χ0) is 11.1. The lowest BCUT2D eigenvalue weighted by molar-refractivity contribution is 0.00108. The molecule has 1 aliphatic carbocycles. The van der Waals surface area contributed by atoms with Gasteiger partial charge in [0.25, 0.3) is 0 Å². The molecule has 3 unspecified atom stereocenters. The molecule has 0 amide bonds. The number of hydrogen-bond donors (Lipinski definition) is 2. The number of nitrogens with zero attached hydrogens (tertiary/aromatic N) is 1. The van der Waals surface area contributed by atoms with Crippen LogP contribution < -0.4 is 5.73 Å². The highest BCUT2D eigenvalue weighted by Gasteiger charge is 2.42. The fraction of sp³-hybridized carbons (Fsp3) is 1.00. The van der Waals surface area contributed by atoms with E-state index in [1.165, 1.54) is 13.0 Å². The van der Waals surface area contributed by atoms with Gasteiger partial charge in [-0.05, 0) is 45.4 Å². The van der Waals surface area contributed by atoms with Gasteiger partial charge >= 0.3 is 0 Å². The standard InChI is InChI=1S/C12H24N2O/c1-9(2)14-7-10-3-4-12(15,8-13)6-11(14)5-10/h9-11,15H,3-8,13H2,1-2H3. The van der Waals surface area contributed by atoms with Gasteiger partial charge in [0, 0.05) is 25.2 Å². The highest BCUT2D eigenvalue weighted by molar-refractivity contribution is 4.97. The van der Waals surface area contributed by atoms with Crippen molar-refractivity contribution in [2.75, 3.05) is 13.1 Å². The van der Waals surface area contributed by atoms with E-state index in [9.17, 15) is 5.11 Å². The first-order chi connectivity index (χ1) is 7.04. The van der Waals surface area contributed by atoms with Crippen LogP contribution in [0.3, 0.4) is 0 Å². The van der Waals surface area contributed by atoms with E-state index < -0.39 is 5.60 Å². The first-order valence-corrected chi connectivity index (χ1v) is 6.22. The summed E-state index contributed by atoms with van der Waals surface area (Å²) >= 11 is 0. The van der Waals surface area contributed by atoms with Gasteiger partial charge in [-0.3, -0.25) is 4.90 Å². The van der Waals surface area contributed by atoms with Crippen LogP contribution in [0.2, 0.25) is 0 Å². The monoisotopic (exact) mass is 212 g/mol. The van der Waals surface area contributed by atoms with Crippen molar-refractivity contribution in [3.8, 4) is 0 Å². The van der Waals surface area contributed by atoms with E-state index in [-0.39, 0.29) is 0 Å². The van der Waals surface area contributed by atoms with Gasteiger partial charge in [0.1, 0.15) is 0 Å². The molecule has 3 nitrogen and oxygen atoms in total. The second-order valence-electron chi connectivity index (χ2n) is 5.72. The summed E-state index contributed by atoms with van der Waals surface area (Å²) in [5.74, 6) is 0.790. The maximum Gasteiger partial charge on any atom is 0.0784 e. The quantitative estimate of drug-likeness (QED) is 0.717. The summed E-state index contributed by atoms with van der Waals surface area (Å²) in [4.78, 5) is 2.55. The molecule has 2 rings (SSSR count). The van der Waals surface area contributed by atoms with Gasteiger partial charge in [-0.15, -0.1) is 0 Å². The summed E-state index contributed by atoms with van der Waals surface area (Å²) in [7, 11) is 0. The van der Waals surface area contributed by atoms with E-state index >= 15 is 0 Å². The van der Waals surface area contributed by atoms with Crippen LogP contribution in [0, 0.1) is 5.92 Å². The van der Waals surface area contributed by atoms with Crippen LogP contribution in [0.4, 0.5) is 0 Å². The van der Waals surface area contributed by atoms with Crippen molar-refractivity contribution in [2.45, 2.75) is 57.2 Å². The van der Waals surface area contributed by atoms with Gasteiger partial charge in [-0.25, -0.2) is 0 Å². The zero-order valence-corrected chi connectivity index (χ0v) is 9.95. The first kappa shape index (κ1) is 11.4. The zero-order valence-electron chi connectivity index (χ0n) is 9.95. The van der Waals surface area contributed by atoms with Crippen molar-refractivity contribution < 1.29 is 5.11 Å². The molecule has 0 spiro atoms. The third kappa shape index (κ3) is 2.19. The molecular weight excluding hydrogens is 188 g/mol. The summed E-state index contributed by atoms with van der Waals surface area (Å²) in [6, 6.07) is 1.16. The summed E-state index contributed by atoms with van der Waals surface area (Å²) in [5, 5.41) is 10.3. The first-order valence-electron chi connectivity index (χ1n) is 6.22. The summed E-state index contributed by atoms with van der Waals surface area (Å²) < 4.78 is 0. The Bertz CT molecular complexity index is 232. The van der Waals surface area contributed by atoms with E-state index in [1.807, 2.05) is 0 Å². The lowest BCUT2D eigenvalue weighted by Gasteiger charge is -2.36. The summed E-state index contributed by atoms with van der Waals surface area (Å²) in [5.41, 5.74) is 5.10. The van der Waals surface area contributed by atoms with Gasteiger partial charge in [-0.2, -0.15) is 0 Å². The molecule has 0 aromatic rings. The summed E-state index contributed by atoms with van der Waals surface area (Å²) in [6.45, 7) is 6.14. The van der Waals surface area contributed by atoms with Gasteiger partial charge in [0.2, 0.25) is 0 Å². The molecule has 1 aliphatic heterocycles. The molecule has 2 bridgehead atoms. The van der Waals surface area contributed by atoms with Crippen LogP contribution >= 0.6 is 0 Å². The van der Waals surface area contributed by atoms with Crippen molar-refractivity contribution in [1.82, 2.24) is 4.90 Å². The molecule has 1 saturated heterocycles. The molecule has 0 aromatic carbocycles. The lowest BCUT2D eigenvalue weighted by atomic mass is 9.91. The van der Waals surface area contributed by atoms with Crippen molar-refractivity contribution in [2.24, 2.45) is 11.7 Å². The third-order valence-corrected chi connectivity index (χ3v) is 4.22. The van der Waals surface area contributed by atoms with E-state index in [0.717, 1.165) is 25.2 Å². The number of aliphatic hydroxyl groups is 1. The molecule has 3 N–H and O–H groups in total.